The number of Topliss-reactive ketones (excluding diaryl/α,β-unsaturated/α-hetero) is 1. The fraction of sp³-hybridized carbons (Fsp3) is 0.467. The minimum atomic E-state index is -0.292. The first kappa shape index (κ1) is 15.2. The van der Waals surface area contributed by atoms with Crippen LogP contribution in [0.15, 0.2) is 24.3 Å². The number of ketones is 1. The van der Waals surface area contributed by atoms with Gasteiger partial charge >= 0.3 is 0 Å². The standard InChI is InChI=1S/C15H22N2O2/c1-4-10-16-15(19)11(3)17-13-8-6-12(7-9-13)14(18)5-2/h6-9,11,17H,4-5,10H2,1-3H3,(H,16,19). The third-order valence-electron chi connectivity index (χ3n) is 2.85. The fourth-order valence-electron chi connectivity index (χ4n) is 1.67. The summed E-state index contributed by atoms with van der Waals surface area (Å²) >= 11 is 0. The Balaban J connectivity index is 2.57. The highest BCUT2D eigenvalue weighted by molar-refractivity contribution is 5.96. The zero-order chi connectivity index (χ0) is 14.3. The summed E-state index contributed by atoms with van der Waals surface area (Å²) in [6.07, 6.45) is 1.43. The third kappa shape index (κ3) is 4.73. The van der Waals surface area contributed by atoms with Crippen LogP contribution in [-0.4, -0.2) is 24.3 Å². The highest BCUT2D eigenvalue weighted by Crippen LogP contribution is 2.12. The number of carbonyl (C=O) groups excluding carboxylic acids is 2. The molecule has 0 saturated heterocycles. The number of hydrogen-bond donors (Lipinski definition) is 2. The molecule has 0 aliphatic heterocycles. The van der Waals surface area contributed by atoms with Gasteiger partial charge in [0.1, 0.15) is 6.04 Å². The predicted octanol–water partition coefficient (Wildman–Crippen LogP) is 2.61. The number of hydrogen-bond acceptors (Lipinski definition) is 3. The molecule has 1 amide bonds. The molecule has 0 saturated carbocycles. The summed E-state index contributed by atoms with van der Waals surface area (Å²) in [5.74, 6) is 0.107. The summed E-state index contributed by atoms with van der Waals surface area (Å²) in [7, 11) is 0. The van der Waals surface area contributed by atoms with Gasteiger partial charge in [-0.15, -0.1) is 0 Å². The van der Waals surface area contributed by atoms with Crippen molar-refractivity contribution < 1.29 is 9.59 Å². The van der Waals surface area contributed by atoms with Crippen LogP contribution in [0.3, 0.4) is 0 Å². The topological polar surface area (TPSA) is 58.2 Å². The number of carbonyl (C=O) groups is 2. The molecule has 0 aliphatic rings. The zero-order valence-electron chi connectivity index (χ0n) is 11.8. The number of benzene rings is 1. The Morgan fingerprint density at radius 3 is 2.32 bits per heavy atom. The molecule has 1 atom stereocenters. The first-order chi connectivity index (χ1) is 9.08. The van der Waals surface area contributed by atoms with E-state index in [4.69, 9.17) is 0 Å². The summed E-state index contributed by atoms with van der Waals surface area (Å²) in [6.45, 7) is 6.36. The van der Waals surface area contributed by atoms with Gasteiger partial charge in [0.25, 0.3) is 0 Å². The Labute approximate surface area is 114 Å². The van der Waals surface area contributed by atoms with Gasteiger partial charge in [-0.2, -0.15) is 0 Å². The van der Waals surface area contributed by atoms with Crippen LogP contribution in [0.5, 0.6) is 0 Å². The number of nitrogens with one attached hydrogen (secondary N) is 2. The summed E-state index contributed by atoms with van der Waals surface area (Å²) in [4.78, 5) is 23.2. The van der Waals surface area contributed by atoms with Crippen molar-refractivity contribution in [3.8, 4) is 0 Å². The van der Waals surface area contributed by atoms with Gasteiger partial charge in [0.2, 0.25) is 5.91 Å². The van der Waals surface area contributed by atoms with Gasteiger partial charge in [0.05, 0.1) is 0 Å². The lowest BCUT2D eigenvalue weighted by atomic mass is 10.1. The molecule has 19 heavy (non-hydrogen) atoms. The largest absolute Gasteiger partial charge is 0.374 e. The van der Waals surface area contributed by atoms with Crippen LogP contribution in [0.2, 0.25) is 0 Å². The molecular formula is C15H22N2O2. The van der Waals surface area contributed by atoms with Gasteiger partial charge in [-0.25, -0.2) is 0 Å². The van der Waals surface area contributed by atoms with Gasteiger partial charge in [0.15, 0.2) is 5.78 Å². The number of rotatable bonds is 7. The smallest absolute Gasteiger partial charge is 0.242 e. The Bertz CT molecular complexity index is 426. The summed E-state index contributed by atoms with van der Waals surface area (Å²) in [6, 6.07) is 6.92. The summed E-state index contributed by atoms with van der Waals surface area (Å²) < 4.78 is 0. The molecule has 104 valence electrons. The second-order valence-electron chi connectivity index (χ2n) is 4.51. The highest BCUT2D eigenvalue weighted by Gasteiger charge is 2.11. The lowest BCUT2D eigenvalue weighted by Crippen LogP contribution is -2.37. The van der Waals surface area contributed by atoms with E-state index in [1.165, 1.54) is 0 Å². The van der Waals surface area contributed by atoms with Crippen LogP contribution in [0.4, 0.5) is 5.69 Å². The lowest BCUT2D eigenvalue weighted by molar-refractivity contribution is -0.121. The van der Waals surface area contributed by atoms with Crippen LogP contribution >= 0.6 is 0 Å². The first-order valence-corrected chi connectivity index (χ1v) is 6.76. The molecule has 0 aromatic heterocycles. The van der Waals surface area contributed by atoms with E-state index in [0.29, 0.717) is 18.5 Å². The first-order valence-electron chi connectivity index (χ1n) is 6.76. The van der Waals surface area contributed by atoms with E-state index in [1.54, 1.807) is 12.1 Å². The Morgan fingerprint density at radius 2 is 1.79 bits per heavy atom. The van der Waals surface area contributed by atoms with Crippen molar-refractivity contribution in [3.63, 3.8) is 0 Å². The van der Waals surface area contributed by atoms with Crippen molar-refractivity contribution in [2.45, 2.75) is 39.7 Å². The van der Waals surface area contributed by atoms with E-state index in [9.17, 15) is 9.59 Å². The van der Waals surface area contributed by atoms with E-state index in [1.807, 2.05) is 32.9 Å². The molecule has 1 aromatic carbocycles. The highest BCUT2D eigenvalue weighted by atomic mass is 16.2. The predicted molar refractivity (Wildman–Crippen MR) is 77.4 cm³/mol. The van der Waals surface area contributed by atoms with Crippen LogP contribution in [-0.2, 0) is 4.79 Å². The minimum absolute atomic E-state index is 0.0180. The van der Waals surface area contributed by atoms with Gasteiger partial charge < -0.3 is 10.6 Å². The molecule has 4 heteroatoms. The molecule has 1 rings (SSSR count). The van der Waals surface area contributed by atoms with Crippen molar-refractivity contribution in [3.05, 3.63) is 29.8 Å². The van der Waals surface area contributed by atoms with Crippen LogP contribution in [0.25, 0.3) is 0 Å². The maximum absolute atomic E-state index is 11.7. The molecule has 0 aliphatic carbocycles. The van der Waals surface area contributed by atoms with E-state index >= 15 is 0 Å². The second-order valence-corrected chi connectivity index (χ2v) is 4.51. The van der Waals surface area contributed by atoms with Crippen molar-refractivity contribution in [2.24, 2.45) is 0 Å². The van der Waals surface area contributed by atoms with Crippen LogP contribution < -0.4 is 10.6 Å². The van der Waals surface area contributed by atoms with Crippen LogP contribution in [0, 0.1) is 0 Å². The molecule has 0 radical (unpaired) electrons. The molecule has 0 spiro atoms. The van der Waals surface area contributed by atoms with E-state index in [0.717, 1.165) is 12.1 Å². The van der Waals surface area contributed by atoms with Crippen molar-refractivity contribution in [2.75, 3.05) is 11.9 Å². The lowest BCUT2D eigenvalue weighted by Gasteiger charge is -2.15. The number of amides is 1. The van der Waals surface area contributed by atoms with E-state index in [-0.39, 0.29) is 17.7 Å². The molecule has 0 heterocycles. The van der Waals surface area contributed by atoms with E-state index in [2.05, 4.69) is 10.6 Å². The monoisotopic (exact) mass is 262 g/mol. The average Bonchev–Trinajstić information content (AvgIpc) is 2.44. The summed E-state index contributed by atoms with van der Waals surface area (Å²) in [5, 5.41) is 5.95. The Hall–Kier alpha value is -1.84. The van der Waals surface area contributed by atoms with Crippen molar-refractivity contribution in [1.82, 2.24) is 5.32 Å². The third-order valence-corrected chi connectivity index (χ3v) is 2.85. The Kier molecular flexibility index (Phi) is 6.06. The van der Waals surface area contributed by atoms with Crippen LogP contribution in [0.1, 0.15) is 44.0 Å². The maximum atomic E-state index is 11.7. The average molecular weight is 262 g/mol. The maximum Gasteiger partial charge on any atom is 0.242 e. The van der Waals surface area contributed by atoms with Gasteiger partial charge in [-0.05, 0) is 37.6 Å². The quantitative estimate of drug-likeness (QED) is 0.743. The number of anilines is 1. The normalized spacial score (nSPS) is 11.7. The van der Waals surface area contributed by atoms with Gasteiger partial charge in [-0.3, -0.25) is 9.59 Å². The van der Waals surface area contributed by atoms with Crippen molar-refractivity contribution >= 4 is 17.4 Å². The van der Waals surface area contributed by atoms with Crippen molar-refractivity contribution in [1.29, 1.82) is 0 Å². The van der Waals surface area contributed by atoms with Gasteiger partial charge in [-0.1, -0.05) is 13.8 Å². The SMILES string of the molecule is CCCNC(=O)C(C)Nc1ccc(C(=O)CC)cc1. The zero-order valence-corrected chi connectivity index (χ0v) is 11.8. The molecule has 1 aromatic rings. The molecule has 0 bridgehead atoms. The molecular weight excluding hydrogens is 240 g/mol. The van der Waals surface area contributed by atoms with E-state index < -0.39 is 0 Å². The molecule has 2 N–H and O–H groups in total. The molecule has 1 unspecified atom stereocenters. The van der Waals surface area contributed by atoms with Gasteiger partial charge in [0, 0.05) is 24.2 Å². The Morgan fingerprint density at radius 1 is 1.16 bits per heavy atom. The second kappa shape index (κ2) is 7.56. The summed E-state index contributed by atoms with van der Waals surface area (Å²) in [5.41, 5.74) is 1.54. The molecule has 0 fully saturated rings. The minimum Gasteiger partial charge on any atom is -0.374 e. The fourth-order valence-corrected chi connectivity index (χ4v) is 1.67. The molecule has 4 nitrogen and oxygen atoms in total.